The summed E-state index contributed by atoms with van der Waals surface area (Å²) in [6.07, 6.45) is 6.53. The molecule has 88 valence electrons. The van der Waals surface area contributed by atoms with Crippen molar-refractivity contribution in [2.24, 2.45) is 10.8 Å². The van der Waals surface area contributed by atoms with Crippen LogP contribution >= 0.6 is 0 Å². The Morgan fingerprint density at radius 1 is 1.13 bits per heavy atom. The Bertz CT molecular complexity index is 193. The molecule has 0 aromatic carbocycles. The summed E-state index contributed by atoms with van der Waals surface area (Å²) in [7, 11) is 0. The molecule has 3 N–H and O–H groups in total. The molecule has 1 rings (SSSR count). The summed E-state index contributed by atoms with van der Waals surface area (Å²) in [6.45, 7) is 6.30. The summed E-state index contributed by atoms with van der Waals surface area (Å²) >= 11 is 0. The number of nitrogens with zero attached hydrogens (tertiary/aromatic N) is 2. The third kappa shape index (κ3) is 4.51. The zero-order valence-corrected chi connectivity index (χ0v) is 10.00. The van der Waals surface area contributed by atoms with Gasteiger partial charge in [0, 0.05) is 19.1 Å². The Labute approximate surface area is 92.9 Å². The van der Waals surface area contributed by atoms with Crippen molar-refractivity contribution in [3.63, 3.8) is 0 Å². The maximum absolute atomic E-state index is 5.52. The van der Waals surface area contributed by atoms with Crippen molar-refractivity contribution in [3.8, 4) is 0 Å². The average molecular weight is 212 g/mol. The first-order valence-corrected chi connectivity index (χ1v) is 6.03. The van der Waals surface area contributed by atoms with Gasteiger partial charge in [-0.05, 0) is 26.7 Å². The van der Waals surface area contributed by atoms with Gasteiger partial charge in [-0.25, -0.2) is 10.8 Å². The first-order valence-electron chi connectivity index (χ1n) is 6.03. The second-order valence-electron chi connectivity index (χ2n) is 4.45. The van der Waals surface area contributed by atoms with Crippen molar-refractivity contribution < 1.29 is 0 Å². The van der Waals surface area contributed by atoms with Crippen molar-refractivity contribution in [3.05, 3.63) is 0 Å². The first-order chi connectivity index (χ1) is 7.24. The van der Waals surface area contributed by atoms with Crippen LogP contribution in [-0.2, 0) is 0 Å². The van der Waals surface area contributed by atoms with Crippen LogP contribution in [0.4, 0.5) is 0 Å². The van der Waals surface area contributed by atoms with Crippen LogP contribution in [0.2, 0.25) is 0 Å². The van der Waals surface area contributed by atoms with Gasteiger partial charge in [0.25, 0.3) is 0 Å². The van der Waals surface area contributed by atoms with Gasteiger partial charge in [0.15, 0.2) is 0 Å². The maximum atomic E-state index is 5.52. The van der Waals surface area contributed by atoms with Crippen LogP contribution in [0.3, 0.4) is 0 Å². The van der Waals surface area contributed by atoms with E-state index in [9.17, 15) is 0 Å². The molecule has 1 saturated heterocycles. The van der Waals surface area contributed by atoms with Gasteiger partial charge >= 0.3 is 0 Å². The summed E-state index contributed by atoms with van der Waals surface area (Å²) in [5.74, 6) is 6.37. The molecular formula is C11H24N4. The Hall–Kier alpha value is -0.770. The highest BCUT2D eigenvalue weighted by molar-refractivity contribution is 5.79. The van der Waals surface area contributed by atoms with Gasteiger partial charge in [-0.15, -0.1) is 0 Å². The molecule has 0 aliphatic carbocycles. The standard InChI is InChI=1S/C11H24N4/c1-10(2)13-11(14-12)15-8-6-4-3-5-7-9-15/h10H,3-9,12H2,1-2H3,(H,13,14). The maximum Gasteiger partial charge on any atom is 0.208 e. The van der Waals surface area contributed by atoms with Gasteiger partial charge in [0.05, 0.1) is 0 Å². The van der Waals surface area contributed by atoms with Crippen LogP contribution in [0.25, 0.3) is 0 Å². The second kappa shape index (κ2) is 6.67. The highest BCUT2D eigenvalue weighted by Gasteiger charge is 2.12. The molecule has 0 atom stereocenters. The number of likely N-dealkylation sites (tertiary alicyclic amines) is 1. The van der Waals surface area contributed by atoms with E-state index in [1.165, 1.54) is 32.1 Å². The fourth-order valence-electron chi connectivity index (χ4n) is 1.91. The van der Waals surface area contributed by atoms with E-state index >= 15 is 0 Å². The lowest BCUT2D eigenvalue weighted by molar-refractivity contribution is 0.350. The summed E-state index contributed by atoms with van der Waals surface area (Å²) < 4.78 is 0. The lowest BCUT2D eigenvalue weighted by Gasteiger charge is -2.27. The smallest absolute Gasteiger partial charge is 0.208 e. The summed E-state index contributed by atoms with van der Waals surface area (Å²) in [5.41, 5.74) is 2.73. The van der Waals surface area contributed by atoms with E-state index in [4.69, 9.17) is 5.84 Å². The number of hydrazine groups is 1. The van der Waals surface area contributed by atoms with Crippen LogP contribution in [0.1, 0.15) is 46.0 Å². The van der Waals surface area contributed by atoms with E-state index in [0.717, 1.165) is 19.0 Å². The van der Waals surface area contributed by atoms with Crippen molar-refractivity contribution in [2.75, 3.05) is 13.1 Å². The third-order valence-corrected chi connectivity index (χ3v) is 2.67. The van der Waals surface area contributed by atoms with E-state index in [2.05, 4.69) is 29.2 Å². The molecule has 0 amide bonds. The summed E-state index contributed by atoms with van der Waals surface area (Å²) in [4.78, 5) is 6.77. The highest BCUT2D eigenvalue weighted by atomic mass is 15.4. The normalized spacial score (nSPS) is 20.0. The van der Waals surface area contributed by atoms with Crippen molar-refractivity contribution in [2.45, 2.75) is 52.0 Å². The lowest BCUT2D eigenvalue weighted by Crippen LogP contribution is -2.46. The Morgan fingerprint density at radius 3 is 2.13 bits per heavy atom. The molecule has 4 heteroatoms. The molecule has 1 fully saturated rings. The highest BCUT2D eigenvalue weighted by Crippen LogP contribution is 2.10. The largest absolute Gasteiger partial charge is 0.342 e. The minimum atomic E-state index is 0.293. The fraction of sp³-hybridized carbons (Fsp3) is 0.909. The quantitative estimate of drug-likeness (QED) is 0.299. The van der Waals surface area contributed by atoms with Crippen LogP contribution < -0.4 is 11.3 Å². The van der Waals surface area contributed by atoms with Gasteiger partial charge in [-0.1, -0.05) is 19.3 Å². The number of guanidine groups is 1. The lowest BCUT2D eigenvalue weighted by atomic mass is 10.1. The van der Waals surface area contributed by atoms with Gasteiger partial charge in [0.2, 0.25) is 5.96 Å². The molecule has 0 aromatic heterocycles. The molecule has 4 nitrogen and oxygen atoms in total. The zero-order valence-electron chi connectivity index (χ0n) is 10.00. The first kappa shape index (κ1) is 12.3. The zero-order chi connectivity index (χ0) is 11.1. The Kier molecular flexibility index (Phi) is 5.47. The van der Waals surface area contributed by atoms with E-state index in [-0.39, 0.29) is 0 Å². The van der Waals surface area contributed by atoms with E-state index < -0.39 is 0 Å². The minimum absolute atomic E-state index is 0.293. The summed E-state index contributed by atoms with van der Waals surface area (Å²) in [5, 5.41) is 0. The van der Waals surface area contributed by atoms with Crippen molar-refractivity contribution >= 4 is 5.96 Å². The van der Waals surface area contributed by atoms with Gasteiger partial charge < -0.3 is 4.90 Å². The van der Waals surface area contributed by atoms with Gasteiger partial charge in [-0.2, -0.15) is 0 Å². The molecule has 0 spiro atoms. The molecule has 0 bridgehead atoms. The number of rotatable bonds is 1. The third-order valence-electron chi connectivity index (χ3n) is 2.67. The number of aliphatic imine (C=N–C) groups is 1. The van der Waals surface area contributed by atoms with Gasteiger partial charge in [0.1, 0.15) is 0 Å². The molecular weight excluding hydrogens is 188 g/mol. The SMILES string of the molecule is CC(C)N=C(NN)N1CCCCCCC1. The second-order valence-corrected chi connectivity index (χ2v) is 4.45. The predicted molar refractivity (Wildman–Crippen MR) is 64.6 cm³/mol. The van der Waals surface area contributed by atoms with Crippen molar-refractivity contribution in [1.82, 2.24) is 10.3 Å². The van der Waals surface area contributed by atoms with Crippen LogP contribution in [0.15, 0.2) is 4.99 Å². The number of hydrogen-bond donors (Lipinski definition) is 2. The minimum Gasteiger partial charge on any atom is -0.342 e. The monoisotopic (exact) mass is 212 g/mol. The molecule has 1 aliphatic heterocycles. The van der Waals surface area contributed by atoms with Crippen LogP contribution in [0.5, 0.6) is 0 Å². The average Bonchev–Trinajstić information content (AvgIpc) is 2.14. The Balaban J connectivity index is 2.56. The van der Waals surface area contributed by atoms with Crippen molar-refractivity contribution in [1.29, 1.82) is 0 Å². The van der Waals surface area contributed by atoms with Crippen LogP contribution in [0, 0.1) is 0 Å². The number of nitrogens with two attached hydrogens (primary N) is 1. The molecule has 0 unspecified atom stereocenters. The molecule has 15 heavy (non-hydrogen) atoms. The molecule has 0 aromatic rings. The topological polar surface area (TPSA) is 53.6 Å². The summed E-state index contributed by atoms with van der Waals surface area (Å²) in [6, 6.07) is 0.293. The predicted octanol–water partition coefficient (Wildman–Crippen LogP) is 1.48. The molecule has 0 saturated carbocycles. The molecule has 1 aliphatic rings. The van der Waals surface area contributed by atoms with Gasteiger partial charge in [-0.3, -0.25) is 5.43 Å². The van der Waals surface area contributed by atoms with E-state index in [0.29, 0.717) is 6.04 Å². The van der Waals surface area contributed by atoms with Crippen LogP contribution in [-0.4, -0.2) is 30.0 Å². The molecule has 1 heterocycles. The Morgan fingerprint density at radius 2 is 1.67 bits per heavy atom. The molecule has 0 radical (unpaired) electrons. The number of nitrogens with one attached hydrogen (secondary N) is 1. The number of hydrogen-bond acceptors (Lipinski definition) is 2. The van der Waals surface area contributed by atoms with E-state index in [1.54, 1.807) is 0 Å². The van der Waals surface area contributed by atoms with E-state index in [1.807, 2.05) is 0 Å². The fourth-order valence-corrected chi connectivity index (χ4v) is 1.91.